The second-order valence-corrected chi connectivity index (χ2v) is 7.63. The van der Waals surface area contributed by atoms with Crippen molar-refractivity contribution in [3.05, 3.63) is 73.5 Å². The van der Waals surface area contributed by atoms with Gasteiger partial charge in [-0.3, -0.25) is 0 Å². The highest BCUT2D eigenvalue weighted by Gasteiger charge is 2.31. The van der Waals surface area contributed by atoms with Gasteiger partial charge in [0.05, 0.1) is 11.5 Å². The molecule has 1 aliphatic rings. The first-order valence-electron chi connectivity index (χ1n) is 9.74. The number of hydrogen-bond donors (Lipinski definition) is 2. The van der Waals surface area contributed by atoms with E-state index in [0.717, 1.165) is 29.7 Å². The van der Waals surface area contributed by atoms with Crippen LogP contribution in [0.3, 0.4) is 0 Å². The maximum Gasteiger partial charge on any atom is 0.145 e. The SMILES string of the molecule is [CH2][C@H]1C[C@@H](n2ccc3c(NCc4cccc5ccccc45)ncnc32)C[C@@H]1O. The lowest BCUT2D eigenvalue weighted by atomic mass is 10.0. The molecule has 1 aliphatic carbocycles. The van der Waals surface area contributed by atoms with E-state index >= 15 is 0 Å². The summed E-state index contributed by atoms with van der Waals surface area (Å²) in [6.07, 6.45) is 4.91. The highest BCUT2D eigenvalue weighted by Crippen LogP contribution is 2.37. The van der Waals surface area contributed by atoms with E-state index in [1.165, 1.54) is 16.3 Å². The van der Waals surface area contributed by atoms with Gasteiger partial charge in [0.15, 0.2) is 0 Å². The van der Waals surface area contributed by atoms with Crippen LogP contribution < -0.4 is 5.32 Å². The number of benzene rings is 2. The number of aliphatic hydroxyl groups is 1. The Morgan fingerprint density at radius 3 is 2.75 bits per heavy atom. The first kappa shape index (κ1) is 17.2. The number of fused-ring (bicyclic) bond motifs is 2. The van der Waals surface area contributed by atoms with Gasteiger partial charge in [0.1, 0.15) is 17.8 Å². The van der Waals surface area contributed by atoms with Crippen molar-refractivity contribution in [3.8, 4) is 0 Å². The summed E-state index contributed by atoms with van der Waals surface area (Å²) in [5, 5.41) is 17.1. The maximum atomic E-state index is 10.1. The minimum absolute atomic E-state index is 0.0771. The molecule has 2 heterocycles. The number of hydrogen-bond acceptors (Lipinski definition) is 4. The van der Waals surface area contributed by atoms with Gasteiger partial charge in [-0.2, -0.15) is 0 Å². The molecule has 3 atom stereocenters. The number of nitrogens with one attached hydrogen (secondary N) is 1. The van der Waals surface area contributed by atoms with E-state index in [4.69, 9.17) is 0 Å². The van der Waals surface area contributed by atoms with Gasteiger partial charge in [0.25, 0.3) is 0 Å². The molecule has 2 aromatic carbocycles. The fourth-order valence-electron chi connectivity index (χ4n) is 4.33. The van der Waals surface area contributed by atoms with Crippen molar-refractivity contribution < 1.29 is 5.11 Å². The molecule has 5 heteroatoms. The fourth-order valence-corrected chi connectivity index (χ4v) is 4.33. The van der Waals surface area contributed by atoms with Crippen LogP contribution in [0.5, 0.6) is 0 Å². The number of rotatable bonds is 4. The molecular weight excluding hydrogens is 348 g/mol. The molecule has 1 saturated carbocycles. The van der Waals surface area contributed by atoms with E-state index in [-0.39, 0.29) is 18.1 Å². The van der Waals surface area contributed by atoms with Crippen LogP contribution in [-0.4, -0.2) is 25.7 Å². The van der Waals surface area contributed by atoms with E-state index in [0.29, 0.717) is 6.54 Å². The lowest BCUT2D eigenvalue weighted by molar-refractivity contribution is 0.149. The largest absolute Gasteiger partial charge is 0.393 e. The van der Waals surface area contributed by atoms with Gasteiger partial charge >= 0.3 is 0 Å². The molecule has 4 aromatic rings. The van der Waals surface area contributed by atoms with Crippen LogP contribution in [0.1, 0.15) is 24.4 Å². The Bertz CT molecular complexity index is 1120. The average molecular weight is 371 g/mol. The monoisotopic (exact) mass is 371 g/mol. The van der Waals surface area contributed by atoms with Crippen molar-refractivity contribution in [2.75, 3.05) is 5.32 Å². The zero-order chi connectivity index (χ0) is 19.1. The first-order valence-corrected chi connectivity index (χ1v) is 9.74. The van der Waals surface area contributed by atoms with Crippen molar-refractivity contribution in [3.63, 3.8) is 0 Å². The Morgan fingerprint density at radius 2 is 1.89 bits per heavy atom. The summed E-state index contributed by atoms with van der Waals surface area (Å²) in [7, 11) is 0. The smallest absolute Gasteiger partial charge is 0.145 e. The van der Waals surface area contributed by atoms with Crippen molar-refractivity contribution in [2.24, 2.45) is 5.92 Å². The van der Waals surface area contributed by atoms with E-state index in [2.05, 4.69) is 81.5 Å². The summed E-state index contributed by atoms with van der Waals surface area (Å²) in [6, 6.07) is 17.1. The van der Waals surface area contributed by atoms with Crippen LogP contribution in [0.15, 0.2) is 61.1 Å². The van der Waals surface area contributed by atoms with Crippen molar-refractivity contribution >= 4 is 27.6 Å². The third-order valence-electron chi connectivity index (χ3n) is 5.86. The molecule has 0 unspecified atom stereocenters. The minimum atomic E-state index is -0.340. The molecule has 1 fully saturated rings. The number of nitrogens with zero attached hydrogens (tertiary/aromatic N) is 3. The van der Waals surface area contributed by atoms with Crippen molar-refractivity contribution in [1.29, 1.82) is 0 Å². The number of aromatic nitrogens is 3. The lowest BCUT2D eigenvalue weighted by Crippen LogP contribution is -2.09. The quantitative estimate of drug-likeness (QED) is 0.560. The topological polar surface area (TPSA) is 63.0 Å². The van der Waals surface area contributed by atoms with E-state index in [1.54, 1.807) is 6.33 Å². The Labute approximate surface area is 164 Å². The molecule has 0 amide bonds. The number of anilines is 1. The summed E-state index contributed by atoms with van der Waals surface area (Å²) in [4.78, 5) is 8.99. The summed E-state index contributed by atoms with van der Waals surface area (Å²) < 4.78 is 2.16. The van der Waals surface area contributed by atoms with Gasteiger partial charge in [-0.1, -0.05) is 42.5 Å². The molecule has 0 bridgehead atoms. The molecule has 0 aliphatic heterocycles. The average Bonchev–Trinajstić information content (AvgIpc) is 3.30. The van der Waals surface area contributed by atoms with Crippen LogP contribution >= 0.6 is 0 Å². The molecular formula is C23H23N4O. The standard InChI is InChI=1S/C23H23N4O/c1-15-11-18(12-21(15)28)27-10-9-20-22(25-14-26-23(20)27)24-13-17-7-4-6-16-5-2-3-8-19(16)17/h2-10,14-15,18,21,28H,1,11-13H2,(H,24,25,26)/t15-,18+,21-/m0/s1. The van der Waals surface area contributed by atoms with Gasteiger partial charge < -0.3 is 15.0 Å². The normalized spacial score (nSPS) is 22.1. The van der Waals surface area contributed by atoms with Crippen LogP contribution in [0.2, 0.25) is 0 Å². The molecule has 141 valence electrons. The van der Waals surface area contributed by atoms with Gasteiger partial charge in [0.2, 0.25) is 0 Å². The summed E-state index contributed by atoms with van der Waals surface area (Å²) in [5.74, 6) is 0.912. The highest BCUT2D eigenvalue weighted by atomic mass is 16.3. The predicted octanol–water partition coefficient (Wildman–Crippen LogP) is 4.34. The second kappa shape index (κ2) is 6.91. The van der Waals surface area contributed by atoms with E-state index < -0.39 is 0 Å². The van der Waals surface area contributed by atoms with Gasteiger partial charge in [-0.05, 0) is 48.1 Å². The third kappa shape index (κ3) is 2.92. The highest BCUT2D eigenvalue weighted by molar-refractivity contribution is 5.88. The molecule has 2 N–H and O–H groups in total. The van der Waals surface area contributed by atoms with E-state index in [9.17, 15) is 5.11 Å². The second-order valence-electron chi connectivity index (χ2n) is 7.63. The summed E-state index contributed by atoms with van der Waals surface area (Å²) in [5.41, 5.74) is 2.14. The Hall–Kier alpha value is -2.92. The fraction of sp³-hybridized carbons (Fsp3) is 0.261. The minimum Gasteiger partial charge on any atom is -0.393 e. The molecule has 0 spiro atoms. The zero-order valence-electron chi connectivity index (χ0n) is 15.6. The van der Waals surface area contributed by atoms with E-state index in [1.807, 2.05) is 0 Å². The zero-order valence-corrected chi connectivity index (χ0v) is 15.6. The van der Waals surface area contributed by atoms with Crippen LogP contribution in [0, 0.1) is 12.8 Å². The van der Waals surface area contributed by atoms with Crippen molar-refractivity contribution in [1.82, 2.24) is 14.5 Å². The molecule has 28 heavy (non-hydrogen) atoms. The van der Waals surface area contributed by atoms with Gasteiger partial charge in [0, 0.05) is 18.8 Å². The first-order chi connectivity index (χ1) is 13.7. The Kier molecular flexibility index (Phi) is 4.24. The lowest BCUT2D eigenvalue weighted by Gasteiger charge is -2.14. The van der Waals surface area contributed by atoms with Crippen LogP contribution in [0.4, 0.5) is 5.82 Å². The molecule has 5 nitrogen and oxygen atoms in total. The molecule has 0 saturated heterocycles. The Balaban J connectivity index is 1.44. The molecule has 2 aromatic heterocycles. The van der Waals surface area contributed by atoms with Gasteiger partial charge in [-0.15, -0.1) is 0 Å². The summed E-state index contributed by atoms with van der Waals surface area (Å²) >= 11 is 0. The van der Waals surface area contributed by atoms with Gasteiger partial charge in [-0.25, -0.2) is 9.97 Å². The van der Waals surface area contributed by atoms with Crippen LogP contribution in [0.25, 0.3) is 21.8 Å². The summed E-state index contributed by atoms with van der Waals surface area (Å²) in [6.45, 7) is 4.75. The predicted molar refractivity (Wildman–Crippen MR) is 112 cm³/mol. The number of aliphatic hydroxyl groups excluding tert-OH is 1. The maximum absolute atomic E-state index is 10.1. The Morgan fingerprint density at radius 1 is 1.04 bits per heavy atom. The molecule has 1 radical (unpaired) electrons. The third-order valence-corrected chi connectivity index (χ3v) is 5.86. The van der Waals surface area contributed by atoms with Crippen molar-refractivity contribution in [2.45, 2.75) is 31.5 Å². The van der Waals surface area contributed by atoms with Crippen LogP contribution in [-0.2, 0) is 6.54 Å². The molecule has 5 rings (SSSR count).